The Morgan fingerprint density at radius 2 is 2.11 bits per heavy atom. The average Bonchev–Trinajstić information content (AvgIpc) is 3.04. The van der Waals surface area contributed by atoms with Crippen LogP contribution in [0, 0.1) is 11.7 Å². The number of halogens is 2. The molecule has 2 fully saturated rings. The van der Waals surface area contributed by atoms with E-state index >= 15 is 0 Å². The topological polar surface area (TPSA) is 65.6 Å². The fourth-order valence-corrected chi connectivity index (χ4v) is 4.78. The maximum Gasteiger partial charge on any atom is 0.239 e. The van der Waals surface area contributed by atoms with Crippen molar-refractivity contribution >= 4 is 21.8 Å². The third kappa shape index (κ3) is 5.06. The first kappa shape index (κ1) is 20.7. The van der Waals surface area contributed by atoms with Crippen molar-refractivity contribution in [3.05, 3.63) is 35.6 Å². The van der Waals surface area contributed by atoms with E-state index in [1.807, 2.05) is 6.07 Å². The Morgan fingerprint density at radius 1 is 1.37 bits per heavy atom. The van der Waals surface area contributed by atoms with Crippen molar-refractivity contribution in [1.29, 1.82) is 0 Å². The molecule has 3 N–H and O–H groups in total. The number of benzene rings is 1. The molecule has 0 spiro atoms. The van der Waals surface area contributed by atoms with E-state index in [0.29, 0.717) is 25.7 Å². The molecule has 150 valence electrons. The van der Waals surface area contributed by atoms with Crippen molar-refractivity contribution in [3.8, 4) is 0 Å². The maximum absolute atomic E-state index is 13.8. The Bertz CT molecular complexity index is 642. The number of ether oxygens (including phenoxy) is 1. The Hall–Kier alpha value is -1.06. The quantitative estimate of drug-likeness (QED) is 0.583. The summed E-state index contributed by atoms with van der Waals surface area (Å²) in [4.78, 5) is 15.0. The molecule has 2 saturated heterocycles. The van der Waals surface area contributed by atoms with Gasteiger partial charge >= 0.3 is 0 Å². The monoisotopic (exact) mass is 442 g/mol. The fourth-order valence-electron chi connectivity index (χ4n) is 3.67. The van der Waals surface area contributed by atoms with Crippen LogP contribution in [0.2, 0.25) is 0 Å². The molecule has 1 aromatic carbocycles. The lowest BCUT2D eigenvalue weighted by atomic mass is 9.99. The van der Waals surface area contributed by atoms with Crippen LogP contribution in [0.25, 0.3) is 0 Å². The van der Waals surface area contributed by atoms with Gasteiger partial charge in [-0.25, -0.2) is 9.82 Å². The van der Waals surface area contributed by atoms with Crippen LogP contribution < -0.4 is 16.2 Å². The molecule has 1 amide bonds. The minimum Gasteiger partial charge on any atom is -0.379 e. The Labute approximate surface area is 168 Å². The Kier molecular flexibility index (Phi) is 7.22. The summed E-state index contributed by atoms with van der Waals surface area (Å²) in [5.74, 6) is 0.0642. The number of carbonyl (C=O) groups is 1. The summed E-state index contributed by atoms with van der Waals surface area (Å²) < 4.78 is 19.2. The molecule has 2 aliphatic rings. The van der Waals surface area contributed by atoms with E-state index in [-0.39, 0.29) is 34.7 Å². The van der Waals surface area contributed by atoms with Crippen molar-refractivity contribution in [3.63, 3.8) is 0 Å². The summed E-state index contributed by atoms with van der Waals surface area (Å²) in [6.07, 6.45) is 0. The highest BCUT2D eigenvalue weighted by molar-refractivity contribution is 9.09. The second-order valence-electron chi connectivity index (χ2n) is 7.44. The minimum atomic E-state index is -0.352. The van der Waals surface area contributed by atoms with E-state index in [1.165, 1.54) is 6.07 Å². The van der Waals surface area contributed by atoms with Crippen LogP contribution in [0.15, 0.2) is 24.3 Å². The first-order valence-corrected chi connectivity index (χ1v) is 10.4. The Morgan fingerprint density at radius 3 is 2.74 bits per heavy atom. The molecule has 4 atom stereocenters. The number of nitrogens with one attached hydrogen (secondary N) is 3. The fraction of sp³-hybridized carbons (Fsp3) is 0.632. The molecule has 8 heteroatoms. The number of carbonyl (C=O) groups excluding carboxylic acids is 1. The SMILES string of the molecule is CC(C)C1NNC(C(=O)NCC(c2cccc(F)c2)N2CCOCC2)C1Br. The molecular formula is C19H28BrFN4O2. The predicted octanol–water partition coefficient (Wildman–Crippen LogP) is 1.58. The van der Waals surface area contributed by atoms with Gasteiger partial charge in [0, 0.05) is 25.7 Å². The van der Waals surface area contributed by atoms with Crippen LogP contribution in [-0.4, -0.2) is 60.6 Å². The smallest absolute Gasteiger partial charge is 0.239 e. The largest absolute Gasteiger partial charge is 0.379 e. The van der Waals surface area contributed by atoms with E-state index < -0.39 is 0 Å². The molecule has 27 heavy (non-hydrogen) atoms. The van der Waals surface area contributed by atoms with Crippen LogP contribution in [-0.2, 0) is 9.53 Å². The number of hydrazine groups is 1. The zero-order chi connectivity index (χ0) is 19.4. The molecule has 0 bridgehead atoms. The second kappa shape index (κ2) is 9.43. The summed E-state index contributed by atoms with van der Waals surface area (Å²) in [7, 11) is 0. The van der Waals surface area contributed by atoms with Crippen molar-refractivity contribution in [2.45, 2.75) is 36.8 Å². The second-order valence-corrected chi connectivity index (χ2v) is 8.50. The number of alkyl halides is 1. The molecule has 1 aromatic rings. The highest BCUT2D eigenvalue weighted by atomic mass is 79.9. The molecule has 0 aliphatic carbocycles. The summed E-state index contributed by atoms with van der Waals surface area (Å²) in [6, 6.07) is 6.35. The minimum absolute atomic E-state index is 0.00788. The standard InChI is InChI=1S/C19H28BrFN4O2/c1-12(2)17-16(20)18(24-23-17)19(26)22-11-15(25-6-8-27-9-7-25)13-4-3-5-14(21)10-13/h3-5,10,12,15-18,23-24H,6-9,11H2,1-2H3,(H,22,26). The number of nitrogens with zero attached hydrogens (tertiary/aromatic N) is 1. The van der Waals surface area contributed by atoms with Gasteiger partial charge in [-0.1, -0.05) is 41.9 Å². The molecule has 6 nitrogen and oxygen atoms in total. The summed E-state index contributed by atoms with van der Waals surface area (Å²) in [6.45, 7) is 7.47. The van der Waals surface area contributed by atoms with Crippen molar-refractivity contribution in [2.75, 3.05) is 32.8 Å². The molecule has 0 aromatic heterocycles. The van der Waals surface area contributed by atoms with Crippen LogP contribution in [0.4, 0.5) is 4.39 Å². The first-order valence-electron chi connectivity index (χ1n) is 9.47. The van der Waals surface area contributed by atoms with Gasteiger partial charge in [-0.05, 0) is 23.6 Å². The van der Waals surface area contributed by atoms with E-state index in [2.05, 4.69) is 50.8 Å². The van der Waals surface area contributed by atoms with Crippen molar-refractivity contribution in [1.82, 2.24) is 21.1 Å². The van der Waals surface area contributed by atoms with E-state index in [1.54, 1.807) is 12.1 Å². The highest BCUT2D eigenvalue weighted by Gasteiger charge is 2.40. The zero-order valence-electron chi connectivity index (χ0n) is 15.8. The van der Waals surface area contributed by atoms with Crippen LogP contribution in [0.5, 0.6) is 0 Å². The zero-order valence-corrected chi connectivity index (χ0v) is 17.3. The molecule has 3 rings (SSSR count). The average molecular weight is 443 g/mol. The molecule has 2 heterocycles. The van der Waals surface area contributed by atoms with Gasteiger partial charge in [0.15, 0.2) is 0 Å². The highest BCUT2D eigenvalue weighted by Crippen LogP contribution is 2.24. The van der Waals surface area contributed by atoms with Gasteiger partial charge in [0.1, 0.15) is 11.9 Å². The van der Waals surface area contributed by atoms with Gasteiger partial charge in [0.2, 0.25) is 5.91 Å². The number of hydrogen-bond donors (Lipinski definition) is 3. The predicted molar refractivity (Wildman–Crippen MR) is 106 cm³/mol. The van der Waals surface area contributed by atoms with Crippen LogP contribution >= 0.6 is 15.9 Å². The van der Waals surface area contributed by atoms with Gasteiger partial charge < -0.3 is 10.1 Å². The van der Waals surface area contributed by atoms with Crippen LogP contribution in [0.3, 0.4) is 0 Å². The van der Waals surface area contributed by atoms with E-state index in [9.17, 15) is 9.18 Å². The van der Waals surface area contributed by atoms with Gasteiger partial charge in [-0.15, -0.1) is 0 Å². The normalized spacial score (nSPS) is 27.7. The summed E-state index contributed by atoms with van der Waals surface area (Å²) in [5, 5.41) is 3.05. The molecule has 0 saturated carbocycles. The molecule has 0 radical (unpaired) electrons. The van der Waals surface area contributed by atoms with Gasteiger partial charge in [-0.3, -0.25) is 15.1 Å². The summed E-state index contributed by atoms with van der Waals surface area (Å²) >= 11 is 3.65. The summed E-state index contributed by atoms with van der Waals surface area (Å²) in [5.41, 5.74) is 7.15. The van der Waals surface area contributed by atoms with Crippen LogP contribution in [0.1, 0.15) is 25.5 Å². The van der Waals surface area contributed by atoms with E-state index in [0.717, 1.165) is 18.7 Å². The maximum atomic E-state index is 13.8. The molecule has 4 unspecified atom stereocenters. The first-order chi connectivity index (χ1) is 13.0. The lowest BCUT2D eigenvalue weighted by Gasteiger charge is -2.35. The number of amides is 1. The lowest BCUT2D eigenvalue weighted by molar-refractivity contribution is -0.123. The van der Waals surface area contributed by atoms with E-state index in [4.69, 9.17) is 4.74 Å². The van der Waals surface area contributed by atoms with Crippen molar-refractivity contribution in [2.24, 2.45) is 5.92 Å². The molecule has 2 aliphatic heterocycles. The third-order valence-corrected chi connectivity index (χ3v) is 6.36. The number of morpholine rings is 1. The lowest BCUT2D eigenvalue weighted by Crippen LogP contribution is -2.49. The number of rotatable bonds is 6. The van der Waals surface area contributed by atoms with Gasteiger partial charge in [0.25, 0.3) is 0 Å². The van der Waals surface area contributed by atoms with Gasteiger partial charge in [0.05, 0.1) is 24.1 Å². The van der Waals surface area contributed by atoms with Crippen molar-refractivity contribution < 1.29 is 13.9 Å². The van der Waals surface area contributed by atoms with Gasteiger partial charge in [-0.2, -0.15) is 0 Å². The molecular weight excluding hydrogens is 415 g/mol. The third-order valence-electron chi connectivity index (χ3n) is 5.26. The number of hydrogen-bond acceptors (Lipinski definition) is 5. The Balaban J connectivity index is 1.66.